The van der Waals surface area contributed by atoms with Crippen molar-refractivity contribution in [3.8, 4) is 11.5 Å². The maximum atomic E-state index is 13.5. The third-order valence-electron chi connectivity index (χ3n) is 7.51. The standard InChI is InChI=1S/C33H28O12/c1-32(44)28(40)20(26(38)24(30(32)42)22(36)13-7-16-3-9-18(34)10-4-16)15-21-27(39)25(31(43)33(2,45)29(21)41)23(37)14-8-17-5-11-19(35)12-6-17/h3-14,20,34-37,39,44-45H,15H2,1-2H3/b13-7+,14-8+,24-22+,25-23+. The predicted octanol–water partition coefficient (Wildman–Crippen LogP) is 2.64. The Kier molecular flexibility index (Phi) is 8.50. The molecule has 0 amide bonds. The molecule has 12 nitrogen and oxygen atoms in total. The zero-order valence-electron chi connectivity index (χ0n) is 23.9. The minimum absolute atomic E-state index is 0.0378. The maximum Gasteiger partial charge on any atom is 0.209 e. The quantitative estimate of drug-likeness (QED) is 0.108. The van der Waals surface area contributed by atoms with Crippen LogP contribution in [0.15, 0.2) is 94.7 Å². The number of hydrogen-bond donors (Lipinski definition) is 7. The first kappa shape index (κ1) is 32.3. The zero-order chi connectivity index (χ0) is 33.4. The molecule has 1 fully saturated rings. The lowest BCUT2D eigenvalue weighted by Crippen LogP contribution is -2.57. The number of benzene rings is 2. The van der Waals surface area contributed by atoms with Crippen LogP contribution in [0.25, 0.3) is 12.2 Å². The highest BCUT2D eigenvalue weighted by atomic mass is 16.3. The average molecular weight is 617 g/mol. The van der Waals surface area contributed by atoms with Gasteiger partial charge < -0.3 is 35.7 Å². The smallest absolute Gasteiger partial charge is 0.209 e. The van der Waals surface area contributed by atoms with E-state index < -0.39 is 86.5 Å². The number of aliphatic hydroxyl groups is 5. The number of hydrogen-bond acceptors (Lipinski definition) is 12. The summed E-state index contributed by atoms with van der Waals surface area (Å²) in [6.45, 7) is 1.58. The van der Waals surface area contributed by atoms with E-state index in [0.717, 1.165) is 26.0 Å². The van der Waals surface area contributed by atoms with Gasteiger partial charge in [0.25, 0.3) is 0 Å². The molecule has 2 aromatic rings. The van der Waals surface area contributed by atoms with Gasteiger partial charge in [0, 0.05) is 5.57 Å². The Labute approximate surface area is 255 Å². The van der Waals surface area contributed by atoms with Crippen LogP contribution in [0.2, 0.25) is 0 Å². The summed E-state index contributed by atoms with van der Waals surface area (Å²) in [6.07, 6.45) is 3.46. The van der Waals surface area contributed by atoms with E-state index in [1.165, 1.54) is 60.7 Å². The zero-order valence-corrected chi connectivity index (χ0v) is 23.9. The van der Waals surface area contributed by atoms with E-state index in [9.17, 15) is 59.7 Å². The lowest BCUT2D eigenvalue weighted by Gasteiger charge is -2.34. The third kappa shape index (κ3) is 5.96. The van der Waals surface area contributed by atoms with Crippen LogP contribution >= 0.6 is 0 Å². The van der Waals surface area contributed by atoms with Gasteiger partial charge in [-0.1, -0.05) is 36.4 Å². The molecule has 0 spiro atoms. The Balaban J connectivity index is 1.78. The second-order valence-electron chi connectivity index (χ2n) is 10.8. The number of ketones is 5. The van der Waals surface area contributed by atoms with Crippen molar-refractivity contribution >= 4 is 41.1 Å². The van der Waals surface area contributed by atoms with Crippen molar-refractivity contribution in [1.29, 1.82) is 0 Å². The predicted molar refractivity (Wildman–Crippen MR) is 158 cm³/mol. The molecule has 0 heterocycles. The number of phenols is 2. The number of carbonyl (C=O) groups excluding carboxylic acids is 5. The van der Waals surface area contributed by atoms with Crippen LogP contribution in [0.5, 0.6) is 11.5 Å². The highest BCUT2D eigenvalue weighted by molar-refractivity contribution is 6.39. The van der Waals surface area contributed by atoms with Gasteiger partial charge in [-0.25, -0.2) is 0 Å². The van der Waals surface area contributed by atoms with E-state index in [4.69, 9.17) is 0 Å². The lowest BCUT2D eigenvalue weighted by molar-refractivity contribution is -0.155. The average Bonchev–Trinajstić information content (AvgIpc) is 2.99. The van der Waals surface area contributed by atoms with Gasteiger partial charge in [0.15, 0.2) is 22.8 Å². The van der Waals surface area contributed by atoms with Gasteiger partial charge in [-0.2, -0.15) is 0 Å². The molecule has 4 rings (SSSR count). The van der Waals surface area contributed by atoms with Gasteiger partial charge in [0.2, 0.25) is 17.3 Å². The second-order valence-corrected chi connectivity index (χ2v) is 10.8. The molecular formula is C33H28O12. The van der Waals surface area contributed by atoms with Crippen molar-refractivity contribution in [2.75, 3.05) is 0 Å². The number of phenolic OH excluding ortho intramolecular Hbond substituents is 2. The first-order valence-electron chi connectivity index (χ1n) is 13.4. The fourth-order valence-corrected chi connectivity index (χ4v) is 4.85. The molecule has 0 bridgehead atoms. The Hall–Kier alpha value is -5.59. The Morgan fingerprint density at radius 1 is 0.667 bits per heavy atom. The summed E-state index contributed by atoms with van der Waals surface area (Å²) in [5.74, 6) is -12.0. The fraction of sp³-hybridized carbons (Fsp3) is 0.182. The van der Waals surface area contributed by atoms with E-state index in [-0.39, 0.29) is 11.5 Å². The van der Waals surface area contributed by atoms with Gasteiger partial charge in [-0.3, -0.25) is 24.0 Å². The molecule has 2 aliphatic carbocycles. The maximum absolute atomic E-state index is 13.5. The summed E-state index contributed by atoms with van der Waals surface area (Å²) in [7, 11) is 0. The largest absolute Gasteiger partial charge is 0.508 e. The van der Waals surface area contributed by atoms with Gasteiger partial charge in [-0.05, 0) is 67.8 Å². The molecule has 3 atom stereocenters. The van der Waals surface area contributed by atoms with Crippen molar-refractivity contribution in [3.63, 3.8) is 0 Å². The molecule has 0 radical (unpaired) electrons. The molecule has 45 heavy (non-hydrogen) atoms. The molecular weight excluding hydrogens is 588 g/mol. The van der Waals surface area contributed by atoms with E-state index in [0.29, 0.717) is 11.1 Å². The SMILES string of the molecule is CC1(O)C(=O)C(CC2C(=O)/C(=C(O)/C=C/c3ccc(O)cc3)C(=O)C(C)(O)C2=O)=C(O)/C(=C(O)/C=C/c2ccc(O)cc2)C1=O. The fourth-order valence-electron chi connectivity index (χ4n) is 4.85. The van der Waals surface area contributed by atoms with Crippen LogP contribution in [-0.4, -0.2) is 75.9 Å². The molecule has 0 aliphatic heterocycles. The highest BCUT2D eigenvalue weighted by Gasteiger charge is 2.56. The van der Waals surface area contributed by atoms with Crippen LogP contribution in [-0.2, 0) is 24.0 Å². The number of rotatable bonds is 6. The summed E-state index contributed by atoms with van der Waals surface area (Å²) in [5.41, 5.74) is -7.53. The Morgan fingerprint density at radius 3 is 1.56 bits per heavy atom. The Bertz CT molecular complexity index is 1780. The van der Waals surface area contributed by atoms with Crippen LogP contribution in [0.4, 0.5) is 0 Å². The van der Waals surface area contributed by atoms with Crippen LogP contribution < -0.4 is 0 Å². The third-order valence-corrected chi connectivity index (χ3v) is 7.51. The number of aliphatic hydroxyl groups excluding tert-OH is 3. The van der Waals surface area contributed by atoms with Gasteiger partial charge in [0.1, 0.15) is 39.9 Å². The molecule has 0 aromatic heterocycles. The van der Waals surface area contributed by atoms with E-state index in [1.807, 2.05) is 0 Å². The normalized spacial score (nSPS) is 26.8. The van der Waals surface area contributed by atoms with Gasteiger partial charge in [0.05, 0.1) is 5.92 Å². The monoisotopic (exact) mass is 616 g/mol. The van der Waals surface area contributed by atoms with Gasteiger partial charge in [-0.15, -0.1) is 0 Å². The molecule has 1 saturated carbocycles. The van der Waals surface area contributed by atoms with Gasteiger partial charge >= 0.3 is 0 Å². The molecule has 12 heteroatoms. The molecule has 0 saturated heterocycles. The summed E-state index contributed by atoms with van der Waals surface area (Å²) in [4.78, 5) is 65.8. The highest BCUT2D eigenvalue weighted by Crippen LogP contribution is 2.38. The first-order chi connectivity index (χ1) is 21.0. The lowest BCUT2D eigenvalue weighted by atomic mass is 9.68. The molecule has 2 aromatic carbocycles. The van der Waals surface area contributed by atoms with Crippen LogP contribution in [0.3, 0.4) is 0 Å². The van der Waals surface area contributed by atoms with E-state index >= 15 is 0 Å². The molecule has 2 aliphatic rings. The minimum atomic E-state index is -2.86. The van der Waals surface area contributed by atoms with Crippen molar-refractivity contribution in [1.82, 2.24) is 0 Å². The molecule has 3 unspecified atom stereocenters. The number of Topliss-reactive ketones (excluding diaryl/α,β-unsaturated/α-hetero) is 5. The summed E-state index contributed by atoms with van der Waals surface area (Å²) in [6, 6.07) is 11.2. The van der Waals surface area contributed by atoms with E-state index in [1.54, 1.807) is 0 Å². The summed E-state index contributed by atoms with van der Waals surface area (Å²) >= 11 is 0. The molecule has 232 valence electrons. The summed E-state index contributed by atoms with van der Waals surface area (Å²) < 4.78 is 0. The minimum Gasteiger partial charge on any atom is -0.508 e. The number of carbonyl (C=O) groups is 5. The van der Waals surface area contributed by atoms with E-state index in [2.05, 4.69) is 0 Å². The topological polar surface area (TPSA) is 227 Å². The number of aromatic hydroxyl groups is 2. The summed E-state index contributed by atoms with van der Waals surface area (Å²) in [5, 5.41) is 72.8. The molecule has 7 N–H and O–H groups in total. The van der Waals surface area contributed by atoms with Crippen molar-refractivity contribution in [2.24, 2.45) is 5.92 Å². The Morgan fingerprint density at radius 2 is 1.09 bits per heavy atom. The van der Waals surface area contributed by atoms with Crippen molar-refractivity contribution < 1.29 is 59.7 Å². The van der Waals surface area contributed by atoms with Crippen molar-refractivity contribution in [2.45, 2.75) is 31.5 Å². The second kappa shape index (κ2) is 11.8. The van der Waals surface area contributed by atoms with Crippen LogP contribution in [0, 0.1) is 5.92 Å². The number of allylic oxidation sites excluding steroid dienone is 3. The van der Waals surface area contributed by atoms with Crippen molar-refractivity contribution in [3.05, 3.63) is 106 Å². The van der Waals surface area contributed by atoms with Crippen LogP contribution in [0.1, 0.15) is 31.4 Å². The first-order valence-corrected chi connectivity index (χ1v) is 13.4.